The van der Waals surface area contributed by atoms with Gasteiger partial charge in [0.2, 0.25) is 0 Å². The van der Waals surface area contributed by atoms with Crippen LogP contribution in [-0.4, -0.2) is 22.8 Å². The Labute approximate surface area is 107 Å². The van der Waals surface area contributed by atoms with Crippen molar-refractivity contribution < 1.29 is 22.5 Å². The molecule has 0 aliphatic rings. The highest BCUT2D eigenvalue weighted by molar-refractivity contribution is 7.85. The minimum atomic E-state index is -4.90. The first-order valence-corrected chi connectivity index (χ1v) is 6.64. The van der Waals surface area contributed by atoms with Gasteiger partial charge in [-0.25, -0.2) is 0 Å². The number of nitrogens with zero attached hydrogens (tertiary/aromatic N) is 2. The molecule has 1 aromatic carbocycles. The monoisotopic (exact) mass is 286 g/mol. The summed E-state index contributed by atoms with van der Waals surface area (Å²) in [6, 6.07) is 5.70. The van der Waals surface area contributed by atoms with Crippen LogP contribution in [0, 0.1) is 17.0 Å². The van der Waals surface area contributed by atoms with E-state index in [1.54, 1.807) is 0 Å². The number of para-hydroxylation sites is 2. The molecule has 2 aromatic rings. The second-order valence-electron chi connectivity index (χ2n) is 3.92. The maximum atomic E-state index is 12.0. The summed E-state index contributed by atoms with van der Waals surface area (Å²) in [5, 5.41) is 21.4. The molecule has 8 nitrogen and oxygen atoms in total. The van der Waals surface area contributed by atoms with Gasteiger partial charge >= 0.3 is 15.8 Å². The van der Waals surface area contributed by atoms with Crippen molar-refractivity contribution in [3.8, 4) is 0 Å². The second kappa shape index (κ2) is 4.30. The molecule has 9 heteroatoms. The Kier molecular flexibility index (Phi) is 3.04. The minimum absolute atomic E-state index is 0.0290. The van der Waals surface area contributed by atoms with Crippen LogP contribution in [0.5, 0.6) is 0 Å². The maximum Gasteiger partial charge on any atom is 0.305 e. The van der Waals surface area contributed by atoms with Gasteiger partial charge < -0.3 is 15.0 Å². The van der Waals surface area contributed by atoms with E-state index >= 15 is 0 Å². The summed E-state index contributed by atoms with van der Waals surface area (Å²) >= 11 is 0. The first-order valence-electron chi connectivity index (χ1n) is 5.14. The van der Waals surface area contributed by atoms with Gasteiger partial charge in [0.05, 0.1) is 10.1 Å². The Morgan fingerprint density at radius 3 is 2.53 bits per heavy atom. The van der Waals surface area contributed by atoms with Gasteiger partial charge in [-0.1, -0.05) is 12.1 Å². The highest BCUT2D eigenvalue weighted by Gasteiger charge is 2.35. The van der Waals surface area contributed by atoms with E-state index < -0.39 is 21.2 Å². The maximum absolute atomic E-state index is 12.0. The van der Waals surface area contributed by atoms with E-state index in [2.05, 4.69) is 0 Å². The molecule has 102 valence electrons. The third-order valence-electron chi connectivity index (χ3n) is 2.73. The van der Waals surface area contributed by atoms with Gasteiger partial charge in [-0.05, 0) is 13.0 Å². The summed E-state index contributed by atoms with van der Waals surface area (Å²) < 4.78 is 31.1. The van der Waals surface area contributed by atoms with Gasteiger partial charge in [-0.2, -0.15) is 8.42 Å². The summed E-state index contributed by atoms with van der Waals surface area (Å²) in [6.45, 7) is 1.18. The lowest BCUT2D eigenvalue weighted by Gasteiger charge is -2.17. The van der Waals surface area contributed by atoms with Gasteiger partial charge in [0, 0.05) is 11.0 Å². The molecule has 2 N–H and O–H groups in total. The zero-order valence-electron chi connectivity index (χ0n) is 9.72. The molecule has 0 bridgehead atoms. The normalized spacial score (nSPS) is 13.6. The van der Waals surface area contributed by atoms with E-state index in [0.717, 1.165) is 0 Å². The Balaban J connectivity index is 2.95. The molecular weight excluding hydrogens is 276 g/mol. The van der Waals surface area contributed by atoms with Crippen molar-refractivity contribution in [3.63, 3.8) is 0 Å². The summed E-state index contributed by atoms with van der Waals surface area (Å²) in [6.07, 6.45) is 0. The van der Waals surface area contributed by atoms with Crippen LogP contribution in [0.25, 0.3) is 11.0 Å². The third-order valence-corrected chi connectivity index (χ3v) is 3.52. The van der Waals surface area contributed by atoms with Crippen molar-refractivity contribution in [2.24, 2.45) is 0 Å². The largest absolute Gasteiger partial charge is 0.805 e. The molecule has 0 spiro atoms. The highest BCUT2D eigenvalue weighted by Crippen LogP contribution is 2.21. The highest BCUT2D eigenvalue weighted by atomic mass is 32.2. The second-order valence-corrected chi connectivity index (χ2v) is 5.39. The quantitative estimate of drug-likeness (QED) is 0.595. The Bertz CT molecular complexity index is 811. The van der Waals surface area contributed by atoms with Crippen LogP contribution >= 0.6 is 0 Å². The number of hydrogen-bond acceptors (Lipinski definition) is 5. The predicted molar refractivity (Wildman–Crippen MR) is 65.3 cm³/mol. The number of fused-ring (bicyclic) bond motifs is 1. The average molecular weight is 286 g/mol. The minimum Gasteiger partial charge on any atom is -0.805 e. The van der Waals surface area contributed by atoms with E-state index in [0.29, 0.717) is 4.73 Å². The molecule has 1 aromatic heterocycles. The van der Waals surface area contributed by atoms with Gasteiger partial charge in [-0.3, -0.25) is 4.55 Å². The summed E-state index contributed by atoms with van der Waals surface area (Å²) in [4.78, 5) is 12.0. The number of aliphatic hydroxyl groups excluding tert-OH is 1. The molecule has 0 fully saturated rings. The van der Waals surface area contributed by atoms with E-state index in [1.165, 1.54) is 31.2 Å². The molecule has 0 saturated carbocycles. The molecule has 1 heterocycles. The number of aromatic nitrogens is 2. The molecule has 1 atom stereocenters. The van der Waals surface area contributed by atoms with Crippen LogP contribution in [0.1, 0.15) is 16.8 Å². The number of benzene rings is 1. The molecule has 1 unspecified atom stereocenters. The predicted octanol–water partition coefficient (Wildman–Crippen LogP) is 0.0888. The van der Waals surface area contributed by atoms with Crippen LogP contribution in [0.4, 0.5) is 0 Å². The summed E-state index contributed by atoms with van der Waals surface area (Å²) in [7, 11) is -4.90. The standard InChI is InChI=1S/C10H10N2O6S/c1-6-9(10(13)19(16,17)18)12(15)8-5-3-2-4-7(8)11(6)14/h2-5,10,13H,1H3,(H,16,17,18). The van der Waals surface area contributed by atoms with Crippen LogP contribution in [0.3, 0.4) is 0 Å². The van der Waals surface area contributed by atoms with Crippen molar-refractivity contribution in [1.29, 1.82) is 0 Å². The van der Waals surface area contributed by atoms with Crippen LogP contribution in [-0.2, 0) is 10.1 Å². The lowest BCUT2D eigenvalue weighted by Crippen LogP contribution is -2.32. The van der Waals surface area contributed by atoms with Crippen molar-refractivity contribution >= 4 is 21.2 Å². The van der Waals surface area contributed by atoms with E-state index in [4.69, 9.17) is 4.55 Å². The molecule has 0 saturated heterocycles. The molecule has 2 rings (SSSR count). The van der Waals surface area contributed by atoms with Crippen LogP contribution < -0.4 is 4.43 Å². The molecule has 0 radical (unpaired) electrons. The summed E-state index contributed by atoms with van der Waals surface area (Å²) in [5.41, 5.74) is -3.59. The van der Waals surface area contributed by atoms with E-state index in [9.17, 15) is 23.6 Å². The van der Waals surface area contributed by atoms with E-state index in [-0.39, 0.29) is 21.2 Å². The first-order chi connectivity index (χ1) is 8.75. The van der Waals surface area contributed by atoms with Crippen LogP contribution in [0.15, 0.2) is 24.3 Å². The molecule has 19 heavy (non-hydrogen) atoms. The van der Waals surface area contributed by atoms with Gasteiger partial charge in [0.1, 0.15) is 5.52 Å². The molecule has 0 aliphatic carbocycles. The number of hydrogen-bond donors (Lipinski definition) is 2. The lowest BCUT2D eigenvalue weighted by molar-refractivity contribution is -0.480. The van der Waals surface area contributed by atoms with Gasteiger partial charge in [0.15, 0.2) is 0 Å². The molecule has 0 amide bonds. The Hall–Kier alpha value is -1.97. The fourth-order valence-electron chi connectivity index (χ4n) is 1.79. The molecule has 0 aliphatic heterocycles. The lowest BCUT2D eigenvalue weighted by atomic mass is 10.2. The van der Waals surface area contributed by atoms with Gasteiger partial charge in [0.25, 0.3) is 11.0 Å². The fourth-order valence-corrected chi connectivity index (χ4v) is 2.34. The zero-order valence-corrected chi connectivity index (χ0v) is 10.5. The number of rotatable bonds is 2. The molecular formula is C10H10N2O6S. The van der Waals surface area contributed by atoms with E-state index in [1.807, 2.05) is 0 Å². The fraction of sp³-hybridized carbons (Fsp3) is 0.200. The van der Waals surface area contributed by atoms with Crippen molar-refractivity contribution in [2.45, 2.75) is 12.4 Å². The Morgan fingerprint density at radius 1 is 1.37 bits per heavy atom. The average Bonchev–Trinajstić information content (AvgIpc) is 2.35. The third kappa shape index (κ3) is 2.07. The number of aliphatic hydroxyl groups is 1. The van der Waals surface area contributed by atoms with Crippen molar-refractivity contribution in [3.05, 3.63) is 45.8 Å². The Morgan fingerprint density at radius 2 is 1.95 bits per heavy atom. The first kappa shape index (κ1) is 13.5. The SMILES string of the molecule is Cc1c(C(O)S(=O)(=O)O)[n+](=O)c2ccccc2n1[O-]. The smallest absolute Gasteiger partial charge is 0.305 e. The zero-order chi connectivity index (χ0) is 14.4. The summed E-state index contributed by atoms with van der Waals surface area (Å²) in [5.74, 6) is 0. The van der Waals surface area contributed by atoms with Gasteiger partial charge in [-0.15, -0.1) is 0 Å². The van der Waals surface area contributed by atoms with Crippen molar-refractivity contribution in [2.75, 3.05) is 0 Å². The topological polar surface area (TPSA) is 126 Å². The van der Waals surface area contributed by atoms with Crippen molar-refractivity contribution in [1.82, 2.24) is 4.73 Å². The van der Waals surface area contributed by atoms with Crippen LogP contribution in [0.2, 0.25) is 0 Å².